The van der Waals surface area contributed by atoms with Gasteiger partial charge in [-0.15, -0.1) is 0 Å². The first kappa shape index (κ1) is 12.3. The lowest BCUT2D eigenvalue weighted by atomic mass is 10.0. The van der Waals surface area contributed by atoms with Crippen molar-refractivity contribution in [3.8, 4) is 11.3 Å². The molecule has 2 heterocycles. The second-order valence-electron chi connectivity index (χ2n) is 4.84. The van der Waals surface area contributed by atoms with Gasteiger partial charge in [-0.3, -0.25) is 0 Å². The number of aryl methyl sites for hydroxylation is 2. The van der Waals surface area contributed by atoms with Crippen molar-refractivity contribution in [1.29, 1.82) is 0 Å². The Labute approximate surface area is 108 Å². The fraction of sp³-hybridized carbons (Fsp3) is 0.357. The number of benzene rings is 1. The Morgan fingerprint density at radius 2 is 2.05 bits per heavy atom. The van der Waals surface area contributed by atoms with Crippen molar-refractivity contribution in [2.45, 2.75) is 32.5 Å². The van der Waals surface area contributed by atoms with E-state index in [1.54, 1.807) is 19.2 Å². The van der Waals surface area contributed by atoms with Crippen molar-refractivity contribution >= 4 is 0 Å². The number of hydrogen-bond acceptors (Lipinski definition) is 1. The lowest BCUT2D eigenvalue weighted by molar-refractivity contribution is -0.137. The molecule has 3 rings (SSSR count). The Balaban J connectivity index is 2.06. The highest BCUT2D eigenvalue weighted by Gasteiger charge is 2.31. The molecule has 0 atom stereocenters. The van der Waals surface area contributed by atoms with Gasteiger partial charge in [0.1, 0.15) is 5.82 Å². The molecule has 0 N–H and O–H groups in total. The molecule has 2 nitrogen and oxygen atoms in total. The lowest BCUT2D eigenvalue weighted by Gasteiger charge is -2.12. The molecule has 0 unspecified atom stereocenters. The van der Waals surface area contributed by atoms with Crippen molar-refractivity contribution in [2.24, 2.45) is 0 Å². The zero-order chi connectivity index (χ0) is 13.6. The van der Waals surface area contributed by atoms with Gasteiger partial charge in [0.25, 0.3) is 0 Å². The molecule has 0 amide bonds. The predicted molar refractivity (Wildman–Crippen MR) is 65.7 cm³/mol. The van der Waals surface area contributed by atoms with Crippen LogP contribution in [-0.2, 0) is 19.1 Å². The van der Waals surface area contributed by atoms with E-state index in [-0.39, 0.29) is 0 Å². The number of fused-ring (bicyclic) bond motifs is 1. The number of aromatic nitrogens is 2. The van der Waals surface area contributed by atoms with E-state index in [0.29, 0.717) is 5.56 Å². The van der Waals surface area contributed by atoms with Gasteiger partial charge in [-0.25, -0.2) is 4.98 Å². The average Bonchev–Trinajstić information content (AvgIpc) is 2.90. The van der Waals surface area contributed by atoms with Gasteiger partial charge in [0, 0.05) is 18.5 Å². The summed E-state index contributed by atoms with van der Waals surface area (Å²) in [5.41, 5.74) is 1.77. The zero-order valence-electron chi connectivity index (χ0n) is 10.5. The van der Waals surface area contributed by atoms with E-state index >= 15 is 0 Å². The number of hydrogen-bond donors (Lipinski definition) is 0. The number of alkyl halides is 3. The highest BCUT2D eigenvalue weighted by molar-refractivity contribution is 5.64. The maximum Gasteiger partial charge on any atom is 0.416 e. The molecule has 0 fully saturated rings. The highest BCUT2D eigenvalue weighted by Crippen LogP contribution is 2.34. The summed E-state index contributed by atoms with van der Waals surface area (Å²) in [7, 11) is 0. The van der Waals surface area contributed by atoms with Crippen molar-refractivity contribution in [3.63, 3.8) is 0 Å². The lowest BCUT2D eigenvalue weighted by Crippen LogP contribution is -2.05. The third-order valence-electron chi connectivity index (χ3n) is 3.55. The van der Waals surface area contributed by atoms with E-state index in [9.17, 15) is 13.2 Å². The van der Waals surface area contributed by atoms with Gasteiger partial charge < -0.3 is 4.57 Å². The second kappa shape index (κ2) is 4.11. The van der Waals surface area contributed by atoms with Gasteiger partial charge in [0.2, 0.25) is 0 Å². The summed E-state index contributed by atoms with van der Waals surface area (Å²) in [6.45, 7) is 2.60. The van der Waals surface area contributed by atoms with Gasteiger partial charge >= 0.3 is 6.18 Å². The molecule has 0 saturated carbocycles. The molecule has 0 aliphatic carbocycles. The van der Waals surface area contributed by atoms with Crippen LogP contribution in [0.3, 0.4) is 0 Å². The Morgan fingerprint density at radius 3 is 2.74 bits per heavy atom. The molecule has 0 bridgehead atoms. The summed E-state index contributed by atoms with van der Waals surface area (Å²) in [4.78, 5) is 4.33. The van der Waals surface area contributed by atoms with Crippen LogP contribution in [0, 0.1) is 6.92 Å². The molecule has 19 heavy (non-hydrogen) atoms. The molecule has 1 aliphatic rings. The molecule has 0 spiro atoms. The first-order chi connectivity index (χ1) is 8.97. The topological polar surface area (TPSA) is 17.8 Å². The zero-order valence-corrected chi connectivity index (χ0v) is 10.5. The smallest absolute Gasteiger partial charge is 0.328 e. The van der Waals surface area contributed by atoms with Crippen LogP contribution in [0.25, 0.3) is 11.3 Å². The Hall–Kier alpha value is -1.78. The van der Waals surface area contributed by atoms with E-state index in [4.69, 9.17) is 0 Å². The third kappa shape index (κ3) is 2.03. The summed E-state index contributed by atoms with van der Waals surface area (Å²) < 4.78 is 40.0. The van der Waals surface area contributed by atoms with Crippen LogP contribution in [0.4, 0.5) is 13.2 Å². The van der Waals surface area contributed by atoms with Crippen molar-refractivity contribution in [3.05, 3.63) is 41.3 Å². The van der Waals surface area contributed by atoms with Crippen LogP contribution in [-0.4, -0.2) is 9.55 Å². The summed E-state index contributed by atoms with van der Waals surface area (Å²) >= 11 is 0. The molecule has 1 aliphatic heterocycles. The van der Waals surface area contributed by atoms with Crippen molar-refractivity contribution in [1.82, 2.24) is 9.55 Å². The molecule has 2 aromatic rings. The van der Waals surface area contributed by atoms with Gasteiger partial charge in [-0.2, -0.15) is 13.2 Å². The third-order valence-corrected chi connectivity index (χ3v) is 3.55. The summed E-state index contributed by atoms with van der Waals surface area (Å²) in [5.74, 6) is 1.02. The minimum atomic E-state index is -4.29. The fourth-order valence-electron chi connectivity index (χ4n) is 2.60. The van der Waals surface area contributed by atoms with Crippen LogP contribution >= 0.6 is 0 Å². The van der Waals surface area contributed by atoms with Crippen LogP contribution in [0.2, 0.25) is 0 Å². The molecular weight excluding hydrogens is 253 g/mol. The average molecular weight is 266 g/mol. The van der Waals surface area contributed by atoms with Gasteiger partial charge in [0.05, 0.1) is 17.5 Å². The molecular formula is C14H13F3N2. The Bertz CT molecular complexity index is 626. The largest absolute Gasteiger partial charge is 0.416 e. The first-order valence-electron chi connectivity index (χ1n) is 6.19. The van der Waals surface area contributed by atoms with E-state index in [1.807, 2.05) is 0 Å². The highest BCUT2D eigenvalue weighted by atomic mass is 19.4. The van der Waals surface area contributed by atoms with Crippen LogP contribution in [0.1, 0.15) is 23.4 Å². The minimum Gasteiger partial charge on any atom is -0.328 e. The van der Waals surface area contributed by atoms with Gasteiger partial charge in [0.15, 0.2) is 0 Å². The van der Waals surface area contributed by atoms with Crippen molar-refractivity contribution < 1.29 is 13.2 Å². The normalized spacial score (nSPS) is 14.7. The fourth-order valence-corrected chi connectivity index (χ4v) is 2.60. The molecule has 1 aromatic heterocycles. The van der Waals surface area contributed by atoms with Gasteiger partial charge in [-0.1, -0.05) is 6.07 Å². The SMILES string of the molecule is Cc1cc(C(F)(F)F)ccc1-c1cnc2n1CCC2. The summed E-state index contributed by atoms with van der Waals surface area (Å²) in [6.07, 6.45) is -0.539. The van der Waals surface area contributed by atoms with E-state index in [0.717, 1.165) is 42.5 Å². The minimum absolute atomic E-state index is 0.602. The van der Waals surface area contributed by atoms with Crippen LogP contribution in [0.5, 0.6) is 0 Å². The summed E-state index contributed by atoms with van der Waals surface area (Å²) in [5, 5.41) is 0. The predicted octanol–water partition coefficient (Wildman–Crippen LogP) is 3.82. The molecule has 0 radical (unpaired) electrons. The van der Waals surface area contributed by atoms with Crippen LogP contribution in [0.15, 0.2) is 24.4 Å². The van der Waals surface area contributed by atoms with Crippen molar-refractivity contribution in [2.75, 3.05) is 0 Å². The Morgan fingerprint density at radius 1 is 1.26 bits per heavy atom. The summed E-state index contributed by atoms with van der Waals surface area (Å²) in [6, 6.07) is 3.88. The van der Waals surface area contributed by atoms with E-state index in [2.05, 4.69) is 9.55 Å². The second-order valence-corrected chi connectivity index (χ2v) is 4.84. The van der Waals surface area contributed by atoms with Crippen LogP contribution < -0.4 is 0 Å². The molecule has 0 saturated heterocycles. The Kier molecular flexibility index (Phi) is 2.66. The molecule has 5 heteroatoms. The molecule has 1 aromatic carbocycles. The number of rotatable bonds is 1. The van der Waals surface area contributed by atoms with E-state index < -0.39 is 11.7 Å². The molecule has 100 valence electrons. The maximum absolute atomic E-state index is 12.6. The monoisotopic (exact) mass is 266 g/mol. The standard InChI is InChI=1S/C14H13F3N2/c1-9-7-10(14(15,16)17)4-5-11(9)12-8-18-13-3-2-6-19(12)13/h4-5,7-8H,2-3,6H2,1H3. The number of halogens is 3. The number of imidazole rings is 1. The number of nitrogens with zero attached hydrogens (tertiary/aromatic N) is 2. The first-order valence-corrected chi connectivity index (χ1v) is 6.19. The quantitative estimate of drug-likeness (QED) is 0.767. The maximum atomic E-state index is 12.6. The van der Waals surface area contributed by atoms with Gasteiger partial charge in [-0.05, 0) is 31.0 Å². The van der Waals surface area contributed by atoms with E-state index in [1.165, 1.54) is 6.07 Å².